The normalized spacial score (nSPS) is 19.4. The van der Waals surface area contributed by atoms with E-state index in [2.05, 4.69) is 16.8 Å². The number of carbonyl (C=O) groups excluding carboxylic acids is 1. The second-order valence-electron chi connectivity index (χ2n) is 4.48. The molecule has 0 spiro atoms. The van der Waals surface area contributed by atoms with Crippen LogP contribution < -0.4 is 11.5 Å². The van der Waals surface area contributed by atoms with Crippen LogP contribution in [0.4, 0.5) is 0 Å². The molecule has 1 aliphatic rings. The van der Waals surface area contributed by atoms with Gasteiger partial charge in [0.2, 0.25) is 5.91 Å². The number of nitrogens with zero attached hydrogens (tertiary/aromatic N) is 1. The van der Waals surface area contributed by atoms with Crippen molar-refractivity contribution in [3.05, 3.63) is 23.5 Å². The summed E-state index contributed by atoms with van der Waals surface area (Å²) in [6.45, 7) is 0.866. The van der Waals surface area contributed by atoms with E-state index in [1.807, 2.05) is 0 Å². The molecule has 0 bridgehead atoms. The second-order valence-corrected chi connectivity index (χ2v) is 4.48. The summed E-state index contributed by atoms with van der Waals surface area (Å²) in [4.78, 5) is 10.7. The van der Waals surface area contributed by atoms with Gasteiger partial charge in [-0.2, -0.15) is 0 Å². The van der Waals surface area contributed by atoms with Gasteiger partial charge in [0.15, 0.2) is 0 Å². The lowest BCUT2D eigenvalue weighted by atomic mass is 9.93. The number of amides is 1. The zero-order valence-corrected chi connectivity index (χ0v) is 9.48. The van der Waals surface area contributed by atoms with E-state index in [-0.39, 0.29) is 11.9 Å². The number of aryl methyl sites for hydroxylation is 1. The van der Waals surface area contributed by atoms with Crippen molar-refractivity contribution < 1.29 is 4.79 Å². The summed E-state index contributed by atoms with van der Waals surface area (Å²) in [5.74, 6) is -0.224. The Morgan fingerprint density at radius 1 is 1.56 bits per heavy atom. The molecule has 88 valence electrons. The standard InChI is InChI=1S/C12H19N3O/c13-10-3-1-4-11-9(10)6-8-15(11)7-2-5-12(14)16/h6,8,10H,1-5,7,13H2,(H2,14,16). The fraction of sp³-hybridized carbons (Fsp3) is 0.583. The van der Waals surface area contributed by atoms with Crippen LogP contribution in [-0.4, -0.2) is 10.5 Å². The van der Waals surface area contributed by atoms with Crippen molar-refractivity contribution in [3.63, 3.8) is 0 Å². The topological polar surface area (TPSA) is 74.0 Å². The van der Waals surface area contributed by atoms with E-state index in [1.165, 1.54) is 11.3 Å². The van der Waals surface area contributed by atoms with E-state index in [0.717, 1.165) is 32.2 Å². The van der Waals surface area contributed by atoms with Crippen molar-refractivity contribution in [3.8, 4) is 0 Å². The zero-order valence-electron chi connectivity index (χ0n) is 9.48. The van der Waals surface area contributed by atoms with Crippen LogP contribution >= 0.6 is 0 Å². The number of aromatic nitrogens is 1. The van der Waals surface area contributed by atoms with Crippen molar-refractivity contribution in [1.82, 2.24) is 4.57 Å². The molecule has 1 heterocycles. The van der Waals surface area contributed by atoms with Crippen molar-refractivity contribution in [1.29, 1.82) is 0 Å². The number of rotatable bonds is 4. The minimum absolute atomic E-state index is 0.196. The van der Waals surface area contributed by atoms with Crippen LogP contribution in [0.2, 0.25) is 0 Å². The molecule has 0 fully saturated rings. The largest absolute Gasteiger partial charge is 0.370 e. The summed E-state index contributed by atoms with van der Waals surface area (Å²) in [7, 11) is 0. The molecular formula is C12H19N3O. The third-order valence-corrected chi connectivity index (χ3v) is 3.26. The summed E-state index contributed by atoms with van der Waals surface area (Å²) in [6.07, 6.45) is 6.69. The van der Waals surface area contributed by atoms with Gasteiger partial charge in [-0.3, -0.25) is 4.79 Å². The number of primary amides is 1. The Bertz CT molecular complexity index is 384. The minimum Gasteiger partial charge on any atom is -0.370 e. The van der Waals surface area contributed by atoms with Crippen molar-refractivity contribution in [2.75, 3.05) is 0 Å². The van der Waals surface area contributed by atoms with Gasteiger partial charge in [-0.1, -0.05) is 0 Å². The average molecular weight is 221 g/mol. The second kappa shape index (κ2) is 4.70. The highest BCUT2D eigenvalue weighted by atomic mass is 16.1. The average Bonchev–Trinajstić information content (AvgIpc) is 2.63. The highest BCUT2D eigenvalue weighted by Gasteiger charge is 2.19. The van der Waals surface area contributed by atoms with Crippen molar-refractivity contribution in [2.45, 2.75) is 44.7 Å². The fourth-order valence-electron chi connectivity index (χ4n) is 2.43. The van der Waals surface area contributed by atoms with Crippen LogP contribution in [0.3, 0.4) is 0 Å². The first kappa shape index (κ1) is 11.2. The molecule has 0 aliphatic heterocycles. The molecule has 0 saturated carbocycles. The predicted octanol–water partition coefficient (Wildman–Crippen LogP) is 1.09. The van der Waals surface area contributed by atoms with Gasteiger partial charge in [0.25, 0.3) is 0 Å². The van der Waals surface area contributed by atoms with E-state index in [4.69, 9.17) is 11.5 Å². The maximum Gasteiger partial charge on any atom is 0.217 e. The smallest absolute Gasteiger partial charge is 0.217 e. The highest BCUT2D eigenvalue weighted by molar-refractivity contribution is 5.73. The van der Waals surface area contributed by atoms with E-state index in [1.54, 1.807) is 0 Å². The minimum atomic E-state index is -0.224. The van der Waals surface area contributed by atoms with E-state index in [0.29, 0.717) is 6.42 Å². The maximum atomic E-state index is 10.7. The van der Waals surface area contributed by atoms with Gasteiger partial charge in [-0.05, 0) is 37.3 Å². The number of nitrogens with two attached hydrogens (primary N) is 2. The van der Waals surface area contributed by atoms with Crippen molar-refractivity contribution in [2.24, 2.45) is 11.5 Å². The lowest BCUT2D eigenvalue weighted by Gasteiger charge is -2.20. The van der Waals surface area contributed by atoms with E-state index in [9.17, 15) is 4.79 Å². The molecule has 4 heteroatoms. The molecule has 1 aromatic heterocycles. The first-order chi connectivity index (χ1) is 7.68. The fourth-order valence-corrected chi connectivity index (χ4v) is 2.43. The van der Waals surface area contributed by atoms with Gasteiger partial charge < -0.3 is 16.0 Å². The predicted molar refractivity (Wildman–Crippen MR) is 62.7 cm³/mol. The Labute approximate surface area is 95.6 Å². The first-order valence-electron chi connectivity index (χ1n) is 5.90. The van der Waals surface area contributed by atoms with Gasteiger partial charge in [0, 0.05) is 30.9 Å². The van der Waals surface area contributed by atoms with Gasteiger partial charge >= 0.3 is 0 Å². The Morgan fingerprint density at radius 2 is 2.38 bits per heavy atom. The molecule has 1 aliphatic carbocycles. The zero-order chi connectivity index (χ0) is 11.5. The molecule has 4 nitrogen and oxygen atoms in total. The van der Waals surface area contributed by atoms with Crippen LogP contribution in [-0.2, 0) is 17.8 Å². The van der Waals surface area contributed by atoms with Crippen LogP contribution in [0.5, 0.6) is 0 Å². The van der Waals surface area contributed by atoms with E-state index < -0.39 is 0 Å². The van der Waals surface area contributed by atoms with Crippen LogP contribution in [0.15, 0.2) is 12.3 Å². The van der Waals surface area contributed by atoms with Gasteiger partial charge in [-0.25, -0.2) is 0 Å². The molecule has 0 radical (unpaired) electrons. The third-order valence-electron chi connectivity index (χ3n) is 3.26. The molecule has 4 N–H and O–H groups in total. The molecule has 1 amide bonds. The highest BCUT2D eigenvalue weighted by Crippen LogP contribution is 2.28. The summed E-state index contributed by atoms with van der Waals surface area (Å²) in [5.41, 5.74) is 13.8. The third kappa shape index (κ3) is 2.27. The quantitative estimate of drug-likeness (QED) is 0.798. The summed E-state index contributed by atoms with van der Waals surface area (Å²) >= 11 is 0. The number of hydrogen-bond acceptors (Lipinski definition) is 2. The molecule has 0 saturated heterocycles. The first-order valence-corrected chi connectivity index (χ1v) is 5.90. The van der Waals surface area contributed by atoms with Crippen LogP contribution in [0.1, 0.15) is 43.0 Å². The van der Waals surface area contributed by atoms with E-state index >= 15 is 0 Å². The van der Waals surface area contributed by atoms with Gasteiger partial charge in [0.05, 0.1) is 0 Å². The SMILES string of the molecule is NC(=O)CCCn1ccc2c1CCCC2N. The van der Waals surface area contributed by atoms with Crippen LogP contribution in [0.25, 0.3) is 0 Å². The Kier molecular flexibility index (Phi) is 3.29. The lowest BCUT2D eigenvalue weighted by Crippen LogP contribution is -2.18. The summed E-state index contributed by atoms with van der Waals surface area (Å²) in [6, 6.07) is 2.31. The number of fused-ring (bicyclic) bond motifs is 1. The molecule has 1 aromatic rings. The molecule has 1 atom stereocenters. The lowest BCUT2D eigenvalue weighted by molar-refractivity contribution is -0.118. The summed E-state index contributed by atoms with van der Waals surface area (Å²) < 4.78 is 2.22. The Balaban J connectivity index is 2.02. The molecule has 16 heavy (non-hydrogen) atoms. The van der Waals surface area contributed by atoms with Crippen LogP contribution in [0, 0.1) is 0 Å². The molecule has 0 aromatic carbocycles. The molecular weight excluding hydrogens is 202 g/mol. The maximum absolute atomic E-state index is 10.7. The summed E-state index contributed by atoms with van der Waals surface area (Å²) in [5, 5.41) is 0. The molecule has 2 rings (SSSR count). The van der Waals surface area contributed by atoms with Crippen molar-refractivity contribution >= 4 is 5.91 Å². The monoisotopic (exact) mass is 221 g/mol. The molecule has 1 unspecified atom stereocenters. The number of carbonyl (C=O) groups is 1. The van der Waals surface area contributed by atoms with Gasteiger partial charge in [0.1, 0.15) is 0 Å². The Morgan fingerprint density at radius 3 is 3.12 bits per heavy atom. The number of hydrogen-bond donors (Lipinski definition) is 2. The Hall–Kier alpha value is -1.29. The van der Waals surface area contributed by atoms with Gasteiger partial charge in [-0.15, -0.1) is 0 Å².